The van der Waals surface area contributed by atoms with Gasteiger partial charge in [-0.1, -0.05) is 18.5 Å². The van der Waals surface area contributed by atoms with Crippen LogP contribution in [0.3, 0.4) is 0 Å². The number of halogens is 5. The minimum absolute atomic E-state index is 0.0412. The Hall–Kier alpha value is -5.38. The largest absolute Gasteiger partial charge is 0.481 e. The van der Waals surface area contributed by atoms with Crippen LogP contribution in [-0.4, -0.2) is 125 Å². The molecule has 3 aromatic heterocycles. The Bertz CT molecular complexity index is 2650. The zero-order valence-electron chi connectivity index (χ0n) is 34.9. The van der Waals surface area contributed by atoms with Crippen LogP contribution in [0.4, 0.5) is 23.9 Å². The second kappa shape index (κ2) is 24.2. The summed E-state index contributed by atoms with van der Waals surface area (Å²) in [4.78, 5) is 65.4. The van der Waals surface area contributed by atoms with Crippen LogP contribution in [0.25, 0.3) is 5.69 Å². The van der Waals surface area contributed by atoms with E-state index in [4.69, 9.17) is 53.1 Å². The molecule has 360 valence electrons. The van der Waals surface area contributed by atoms with Crippen molar-refractivity contribution in [3.63, 3.8) is 0 Å². The molecule has 23 nitrogen and oxygen atoms in total. The third-order valence-electron chi connectivity index (χ3n) is 7.89. The van der Waals surface area contributed by atoms with E-state index in [-0.39, 0.29) is 75.7 Å². The Morgan fingerprint density at radius 1 is 1.06 bits per heavy atom. The number of aromatic nitrogens is 6. The van der Waals surface area contributed by atoms with Crippen molar-refractivity contribution in [2.45, 2.75) is 61.5 Å². The van der Waals surface area contributed by atoms with E-state index < -0.39 is 84.6 Å². The first-order chi connectivity index (χ1) is 30.1. The maximum atomic E-state index is 14.2. The first kappa shape index (κ1) is 55.8. The highest BCUT2D eigenvalue weighted by Gasteiger charge is 2.29. The lowest BCUT2D eigenvalue weighted by Crippen LogP contribution is -2.36. The van der Waals surface area contributed by atoms with Crippen molar-refractivity contribution in [2.24, 2.45) is 5.73 Å². The molecule has 65 heavy (non-hydrogen) atoms. The molecule has 0 saturated heterocycles. The summed E-state index contributed by atoms with van der Waals surface area (Å²) in [6.07, 6.45) is 0.979. The molecular weight excluding hydrogens is 981 g/mol. The summed E-state index contributed by atoms with van der Waals surface area (Å²) in [5.41, 5.74) is 3.73. The number of nitrogens with one attached hydrogen (secondary N) is 2. The summed E-state index contributed by atoms with van der Waals surface area (Å²) < 4.78 is 117. The molecule has 0 aliphatic rings. The van der Waals surface area contributed by atoms with Crippen molar-refractivity contribution in [1.29, 1.82) is 0 Å². The molecule has 3 heterocycles. The maximum absolute atomic E-state index is 14.2. The van der Waals surface area contributed by atoms with Crippen LogP contribution in [0.2, 0.25) is 5.02 Å². The Labute approximate surface area is 378 Å². The van der Waals surface area contributed by atoms with Gasteiger partial charge in [0.25, 0.3) is 10.0 Å². The van der Waals surface area contributed by atoms with Gasteiger partial charge in [-0.15, -0.1) is 16.7 Å². The zero-order valence-corrected chi connectivity index (χ0v) is 39.0. The fraction of sp³-hybridized carbons (Fsp3) is 0.412. The van der Waals surface area contributed by atoms with E-state index in [9.17, 15) is 53.8 Å². The van der Waals surface area contributed by atoms with E-state index >= 15 is 0 Å². The Balaban J connectivity index is 0.000000365. The number of hydrogen-bond donors (Lipinski definition) is 5. The number of nitrogens with two attached hydrogens (primary N) is 1. The first-order valence-electron chi connectivity index (χ1n) is 18.1. The number of carboxylic acids is 1. The Morgan fingerprint density at radius 2 is 1.66 bits per heavy atom. The van der Waals surface area contributed by atoms with Crippen molar-refractivity contribution in [2.75, 3.05) is 44.7 Å². The van der Waals surface area contributed by atoms with Crippen molar-refractivity contribution >= 4 is 74.3 Å². The molecule has 3 unspecified atom stereocenters. The molecule has 0 bridgehead atoms. The molecule has 0 aliphatic heterocycles. The molecule has 6 N–H and O–H groups in total. The van der Waals surface area contributed by atoms with E-state index in [0.29, 0.717) is 4.68 Å². The molecule has 0 fully saturated rings. The monoisotopic (exact) mass is 1020 g/mol. The van der Waals surface area contributed by atoms with Gasteiger partial charge in [-0.25, -0.2) is 36.7 Å². The van der Waals surface area contributed by atoms with Gasteiger partial charge in [-0.2, -0.15) is 31.8 Å². The van der Waals surface area contributed by atoms with Gasteiger partial charge in [0.2, 0.25) is 17.7 Å². The van der Waals surface area contributed by atoms with Crippen LogP contribution in [0.5, 0.6) is 11.8 Å². The first-order valence-corrected chi connectivity index (χ1v) is 24.4. The molecule has 0 saturated carbocycles. The number of nitrogens with zero attached hydrogens (tertiary/aromatic N) is 6. The molecule has 2 amide bonds. The number of methoxy groups -OCH3 is 2. The standard InChI is InChI=1S/C15H14Cl2F3N3O3.C14H17N5O7S2.C5H12NO4P/c1-3-26-13(24)10(17)4-8-5-12(11(18)6-9(8)16)23-15(25)22(14(19)20)7(2)21-23;1-4-27(21,22)9-6-5-7-15-12(9)28(23,24)19-14(20)18-13-16-10(25-2)8-11(17-13)26-3;1-11(9,10)3-2-4(6)5(7)8/h5-6,10,14H,3-4H2,1-2H3;5-8H,4H2,1-3H3,(H2,16,17,18,19,20);4H,2-3,6H2,1H3,(H,7,8)(H,9,10). The third-order valence-corrected chi connectivity index (χ3v) is 12.8. The number of rotatable bonds is 17. The average molecular weight is 1020 g/mol. The second-order valence-corrected chi connectivity index (χ2v) is 20.1. The van der Waals surface area contributed by atoms with Gasteiger partial charge in [-0.3, -0.25) is 19.5 Å². The van der Waals surface area contributed by atoms with Gasteiger partial charge in [0.05, 0.1) is 32.6 Å². The zero-order chi connectivity index (χ0) is 49.6. The summed E-state index contributed by atoms with van der Waals surface area (Å²) in [6.45, 7) is 2.34. The van der Waals surface area contributed by atoms with Crippen molar-refractivity contribution in [1.82, 2.24) is 34.0 Å². The predicted molar refractivity (Wildman–Crippen MR) is 226 cm³/mol. The fourth-order valence-corrected chi connectivity index (χ4v) is 8.47. The lowest BCUT2D eigenvalue weighted by Gasteiger charge is -2.12. The quantitative estimate of drug-likeness (QED) is 0.0576. The van der Waals surface area contributed by atoms with Crippen LogP contribution in [0.15, 0.2) is 51.2 Å². The fourth-order valence-electron chi connectivity index (χ4n) is 4.71. The maximum Gasteiger partial charge on any atom is 0.355 e. The minimum atomic E-state index is -4.61. The number of hydrogen-bond acceptors (Lipinski definition) is 17. The lowest BCUT2D eigenvalue weighted by atomic mass is 10.1. The van der Waals surface area contributed by atoms with E-state index in [1.807, 2.05) is 0 Å². The number of carbonyl (C=O) groups excluding carboxylic acids is 2. The second-order valence-electron chi connectivity index (χ2n) is 12.8. The summed E-state index contributed by atoms with van der Waals surface area (Å²) in [5.74, 6) is -3.58. The Kier molecular flexibility index (Phi) is 20.8. The number of urea groups is 1. The highest BCUT2D eigenvalue weighted by atomic mass is 35.5. The van der Waals surface area contributed by atoms with E-state index in [0.717, 1.165) is 24.4 Å². The molecule has 3 atom stereocenters. The number of carboxylic acid groups (broad SMARTS) is 1. The summed E-state index contributed by atoms with van der Waals surface area (Å²) in [6, 6.07) is 3.47. The van der Waals surface area contributed by atoms with Gasteiger partial charge >= 0.3 is 30.2 Å². The molecule has 0 aliphatic carbocycles. The number of anilines is 1. The van der Waals surface area contributed by atoms with Crippen LogP contribution in [0.1, 0.15) is 38.2 Å². The Morgan fingerprint density at radius 3 is 2.15 bits per heavy atom. The van der Waals surface area contributed by atoms with E-state index in [2.05, 4.69) is 25.4 Å². The van der Waals surface area contributed by atoms with Gasteiger partial charge in [0.15, 0.2) is 28.0 Å². The van der Waals surface area contributed by atoms with Gasteiger partial charge in [0, 0.05) is 30.5 Å². The van der Waals surface area contributed by atoms with E-state index in [1.165, 1.54) is 46.9 Å². The topological polar surface area (TPSA) is 333 Å². The van der Waals surface area contributed by atoms with Gasteiger partial charge in [-0.05, 0) is 50.1 Å². The SMILES string of the molecule is CCOC(=O)C(Cl)Cc1cc(-n2nc(C)n(C(F)F)c2=O)c(F)cc1Cl.CCS(=O)(=O)c1cccnc1S(=O)(=O)NC(=O)Nc1nc(OC)cc(OC)n1.CP(=O)(O)CCC(N)C(=O)O. The number of benzene rings is 1. The number of esters is 1. The number of aliphatic carboxylic acids is 1. The van der Waals surface area contributed by atoms with Crippen LogP contribution < -0.4 is 30.9 Å². The van der Waals surface area contributed by atoms with Crippen LogP contribution in [0, 0.1) is 12.7 Å². The van der Waals surface area contributed by atoms with Gasteiger partial charge < -0.3 is 29.9 Å². The molecule has 31 heteroatoms. The predicted octanol–water partition coefficient (Wildman–Crippen LogP) is 3.12. The number of carbonyl (C=O) groups is 3. The number of amides is 2. The smallest absolute Gasteiger partial charge is 0.355 e. The van der Waals surface area contributed by atoms with Crippen LogP contribution >= 0.6 is 30.6 Å². The summed E-state index contributed by atoms with van der Waals surface area (Å²) in [5, 5.41) is 12.1. The normalized spacial score (nSPS) is 13.1. The van der Waals surface area contributed by atoms with Crippen molar-refractivity contribution in [3.8, 4) is 17.4 Å². The lowest BCUT2D eigenvalue weighted by molar-refractivity contribution is -0.142. The number of pyridine rings is 1. The number of ether oxygens (including phenoxy) is 3. The third kappa shape index (κ3) is 16.5. The number of sulfone groups is 1. The van der Waals surface area contributed by atoms with Crippen molar-refractivity contribution < 1.29 is 73.2 Å². The minimum Gasteiger partial charge on any atom is -0.481 e. The highest BCUT2D eigenvalue weighted by Crippen LogP contribution is 2.35. The average Bonchev–Trinajstić information content (AvgIpc) is 3.53. The van der Waals surface area contributed by atoms with E-state index in [1.54, 1.807) is 11.6 Å². The molecule has 0 spiro atoms. The molecule has 4 aromatic rings. The summed E-state index contributed by atoms with van der Waals surface area (Å²) in [7, 11) is -8.95. The highest BCUT2D eigenvalue weighted by molar-refractivity contribution is 7.93. The van der Waals surface area contributed by atoms with Gasteiger partial charge in [0.1, 0.15) is 27.8 Å². The van der Waals surface area contributed by atoms with Crippen molar-refractivity contribution in [3.05, 3.63) is 69.2 Å². The number of aryl methyl sites for hydroxylation is 1. The van der Waals surface area contributed by atoms with Crippen LogP contribution in [-0.2, 0) is 45.2 Å². The molecular formula is C34H43Cl2F3N9O14PS2. The molecule has 4 rings (SSSR count). The molecule has 1 aromatic carbocycles. The summed E-state index contributed by atoms with van der Waals surface area (Å²) >= 11 is 11.9. The number of sulfonamides is 1. The number of alkyl halides is 3. The molecule has 0 radical (unpaired) electrons.